The van der Waals surface area contributed by atoms with E-state index in [1.54, 1.807) is 0 Å². The summed E-state index contributed by atoms with van der Waals surface area (Å²) in [6.45, 7) is 14.1. The van der Waals surface area contributed by atoms with Gasteiger partial charge in [-0.15, -0.1) is 12.8 Å². The van der Waals surface area contributed by atoms with Crippen molar-refractivity contribution in [2.45, 2.75) is 96.2 Å². The summed E-state index contributed by atoms with van der Waals surface area (Å²) in [7, 11) is 2.82. The Balaban J connectivity index is 0.000000141. The predicted molar refractivity (Wildman–Crippen MR) is 335 cm³/mol. The van der Waals surface area contributed by atoms with Crippen LogP contribution in [-0.4, -0.2) is 167 Å². The molecule has 0 spiro atoms. The number of terminal acetylenes is 2. The number of phenols is 2. The van der Waals surface area contributed by atoms with Crippen LogP contribution in [0.15, 0.2) is 60.9 Å². The summed E-state index contributed by atoms with van der Waals surface area (Å²) in [6.07, 6.45) is 20.8. The number of piperidine rings is 1. The van der Waals surface area contributed by atoms with E-state index < -0.39 is 35.6 Å². The summed E-state index contributed by atoms with van der Waals surface area (Å²) in [4.78, 5) is 34.9. The Labute approximate surface area is 518 Å². The Morgan fingerprint density at radius 1 is 0.611 bits per heavy atom. The van der Waals surface area contributed by atoms with Crippen LogP contribution in [0.2, 0.25) is 0 Å². The summed E-state index contributed by atoms with van der Waals surface area (Å²) in [6, 6.07) is 12.1. The van der Waals surface area contributed by atoms with E-state index in [1.165, 1.54) is 101 Å². The molecule has 2 N–H and O–H groups in total. The number of aromatic hydroxyl groups is 2. The topological polar surface area (TPSA) is 168 Å². The van der Waals surface area contributed by atoms with Gasteiger partial charge >= 0.3 is 12.0 Å². The molecular formula is C68H72F6N10O6. The number of aromatic nitrogens is 6. The third-order valence-electron chi connectivity index (χ3n) is 17.6. The van der Waals surface area contributed by atoms with Gasteiger partial charge in [-0.25, -0.2) is 26.3 Å². The summed E-state index contributed by atoms with van der Waals surface area (Å²) >= 11 is 0. The van der Waals surface area contributed by atoms with Crippen LogP contribution in [0.1, 0.15) is 76.8 Å². The van der Waals surface area contributed by atoms with Crippen molar-refractivity contribution in [1.82, 2.24) is 39.7 Å². The number of phenolic OH excluding ortho intramolecular Hbond substituents is 2. The van der Waals surface area contributed by atoms with E-state index in [9.17, 15) is 27.8 Å². The van der Waals surface area contributed by atoms with Crippen molar-refractivity contribution in [3.05, 3.63) is 95.3 Å². The first-order chi connectivity index (χ1) is 43.6. The van der Waals surface area contributed by atoms with Crippen molar-refractivity contribution in [2.75, 3.05) is 96.2 Å². The molecule has 8 aromatic rings. The SMILES string of the molecule is C#Cc1c(F)ccc2cc(O)cc(-c3ncc4c(N5CC6COC(C6)C5)nc(OC)nc4c3F)c12.C#Cc1c(F)ccc2cc(O)cc(-c3ncc4c(N5CCOCC(C)C5)nc(OC)nc4c3F)c12.CC.FC1CC2CCCN2C1.FC1CC2CCCN2C1. The number of alkyl halides is 2. The maximum absolute atomic E-state index is 16.1. The smallest absolute Gasteiger partial charge is 0.318 e. The minimum Gasteiger partial charge on any atom is -0.508 e. The molecule has 0 amide bonds. The first-order valence-electron chi connectivity index (χ1n) is 30.7. The Kier molecular flexibility index (Phi) is 19.3. The maximum Gasteiger partial charge on any atom is 0.318 e. The van der Waals surface area contributed by atoms with E-state index in [0.29, 0.717) is 104 Å². The van der Waals surface area contributed by atoms with Crippen LogP contribution in [0, 0.1) is 59.8 Å². The van der Waals surface area contributed by atoms with E-state index >= 15 is 8.78 Å². The highest BCUT2D eigenvalue weighted by molar-refractivity contribution is 6.04. The first-order valence-corrected chi connectivity index (χ1v) is 30.7. The second-order valence-corrected chi connectivity index (χ2v) is 23.6. The molecule has 15 rings (SSSR count). The molecule has 7 aliphatic heterocycles. The highest BCUT2D eigenvalue weighted by Gasteiger charge is 2.38. The van der Waals surface area contributed by atoms with Gasteiger partial charge in [0.05, 0.1) is 62.0 Å². The third kappa shape index (κ3) is 12.9. The van der Waals surface area contributed by atoms with Crippen LogP contribution in [-0.2, 0) is 9.47 Å². The maximum atomic E-state index is 16.1. The van der Waals surface area contributed by atoms with Crippen molar-refractivity contribution in [3.63, 3.8) is 0 Å². The van der Waals surface area contributed by atoms with Crippen LogP contribution in [0.4, 0.5) is 38.0 Å². The number of hydrogen-bond acceptors (Lipinski definition) is 16. The number of ether oxygens (including phenoxy) is 4. The Hall–Kier alpha value is -8.28. The fraction of sp³-hybridized carbons (Fsp3) is 0.441. The van der Waals surface area contributed by atoms with Gasteiger partial charge in [-0.2, -0.15) is 19.9 Å². The molecule has 4 aromatic heterocycles. The monoisotopic (exact) mass is 1240 g/mol. The molecular weight excluding hydrogens is 1170 g/mol. The lowest BCUT2D eigenvalue weighted by Gasteiger charge is -2.31. The molecule has 11 heterocycles. The quantitative estimate of drug-likeness (QED) is 0.119. The molecule has 472 valence electrons. The minimum atomic E-state index is -0.761. The van der Waals surface area contributed by atoms with Crippen molar-refractivity contribution in [3.8, 4) is 70.7 Å². The number of benzene rings is 4. The molecule has 2 bridgehead atoms. The van der Waals surface area contributed by atoms with Gasteiger partial charge in [0.15, 0.2) is 11.6 Å². The van der Waals surface area contributed by atoms with Gasteiger partial charge in [-0.3, -0.25) is 19.8 Å². The van der Waals surface area contributed by atoms with E-state index in [2.05, 4.69) is 63.4 Å². The van der Waals surface area contributed by atoms with Crippen LogP contribution in [0.25, 0.3) is 65.9 Å². The highest BCUT2D eigenvalue weighted by atomic mass is 19.2. The molecule has 90 heavy (non-hydrogen) atoms. The second kappa shape index (κ2) is 27.4. The number of halogens is 6. The van der Waals surface area contributed by atoms with E-state index in [1.807, 2.05) is 18.7 Å². The standard InChI is InChI=1S/C26H20F2N4O3.C26H22F2N4O3.2C7H12FN.C2H6/c1-3-17-20(27)5-4-14-7-15(33)8-18(21(14)17)23-22(28)24-19(9-29-23)25(31-26(30-24)34-2)32-10-13-6-16(11-32)35-12-13;1-4-17-20(27)6-5-15-9-16(33)10-18(21(15)17)23-22(28)24-19(11-29-23)25(31-26(30-24)34-3)32-7-8-35-13-14(2)12-32;2*8-6-4-7-2-1-3-9(7)5-6;1-2/h1,4-5,7-9,13,16,33H,6,10-12H2,2H3;1,5-6,9-11,14,33H,7-8,12-13H2,2-3H3;2*6-7H,1-5H2;1-2H3. The summed E-state index contributed by atoms with van der Waals surface area (Å²) in [5.74, 6) is 3.25. The first kappa shape index (κ1) is 63.3. The normalized spacial score (nSPS) is 22.7. The summed E-state index contributed by atoms with van der Waals surface area (Å²) in [5.41, 5.74) is -0.00953. The molecule has 4 aromatic carbocycles. The third-order valence-corrected chi connectivity index (χ3v) is 17.6. The molecule has 22 heteroatoms. The zero-order valence-corrected chi connectivity index (χ0v) is 51.0. The van der Waals surface area contributed by atoms with Gasteiger partial charge in [-0.05, 0) is 111 Å². The van der Waals surface area contributed by atoms with Crippen molar-refractivity contribution in [1.29, 1.82) is 0 Å². The lowest BCUT2D eigenvalue weighted by atomic mass is 9.95. The Morgan fingerprint density at radius 2 is 1.11 bits per heavy atom. The molecule has 7 atom stereocenters. The van der Waals surface area contributed by atoms with Crippen molar-refractivity contribution in [2.24, 2.45) is 11.8 Å². The van der Waals surface area contributed by atoms with Gasteiger partial charge in [-0.1, -0.05) is 44.7 Å². The molecule has 7 saturated heterocycles. The largest absolute Gasteiger partial charge is 0.508 e. The van der Waals surface area contributed by atoms with Crippen molar-refractivity contribution < 1.29 is 55.5 Å². The van der Waals surface area contributed by atoms with Crippen LogP contribution < -0.4 is 19.3 Å². The summed E-state index contributed by atoms with van der Waals surface area (Å²) < 4.78 is 108. The lowest BCUT2D eigenvalue weighted by molar-refractivity contribution is 0.119. The van der Waals surface area contributed by atoms with Crippen LogP contribution in [0.3, 0.4) is 0 Å². The van der Waals surface area contributed by atoms with E-state index in [4.69, 9.17) is 31.8 Å². The highest BCUT2D eigenvalue weighted by Crippen LogP contribution is 2.42. The van der Waals surface area contributed by atoms with Crippen LogP contribution >= 0.6 is 0 Å². The zero-order valence-electron chi connectivity index (χ0n) is 51.0. The van der Waals surface area contributed by atoms with Crippen LogP contribution in [0.5, 0.6) is 23.5 Å². The molecule has 0 radical (unpaired) electrons. The number of anilines is 2. The van der Waals surface area contributed by atoms with Gasteiger partial charge in [0, 0.05) is 91.6 Å². The summed E-state index contributed by atoms with van der Waals surface area (Å²) in [5, 5.41) is 22.9. The second-order valence-electron chi connectivity index (χ2n) is 23.6. The van der Waals surface area contributed by atoms with E-state index in [-0.39, 0.29) is 91.0 Å². The van der Waals surface area contributed by atoms with Gasteiger partial charge < -0.3 is 39.0 Å². The Morgan fingerprint density at radius 3 is 1.58 bits per heavy atom. The Bertz CT molecular complexity index is 3790. The number of fused-ring (bicyclic) bond motifs is 8. The molecule has 7 fully saturated rings. The van der Waals surface area contributed by atoms with Gasteiger partial charge in [0.25, 0.3) is 0 Å². The van der Waals surface area contributed by atoms with Gasteiger partial charge in [0.1, 0.15) is 69.5 Å². The molecule has 0 aliphatic carbocycles. The number of rotatable bonds is 6. The lowest BCUT2D eigenvalue weighted by Crippen LogP contribution is -2.39. The fourth-order valence-electron chi connectivity index (χ4n) is 13.7. The number of hydrogen-bond donors (Lipinski definition) is 2. The number of pyridine rings is 2. The molecule has 7 aliphatic rings. The molecule has 7 unspecified atom stereocenters. The number of methoxy groups -OCH3 is 2. The van der Waals surface area contributed by atoms with Gasteiger partial charge in [0.2, 0.25) is 0 Å². The van der Waals surface area contributed by atoms with E-state index in [0.717, 1.165) is 38.9 Å². The average molecular weight is 1240 g/mol. The van der Waals surface area contributed by atoms with Crippen molar-refractivity contribution >= 4 is 55.0 Å². The number of nitrogens with zero attached hydrogens (tertiary/aromatic N) is 10. The minimum absolute atomic E-state index is 0.00232. The fourth-order valence-corrected chi connectivity index (χ4v) is 13.7. The molecule has 0 saturated carbocycles. The average Bonchev–Trinajstić information content (AvgIpc) is 1.18. The predicted octanol–water partition coefficient (Wildman–Crippen LogP) is 11.7. The zero-order chi connectivity index (χ0) is 63.5. The molecule has 16 nitrogen and oxygen atoms in total.